The first-order valence-electron chi connectivity index (χ1n) is 5.18. The van der Waals surface area contributed by atoms with E-state index in [1.165, 1.54) is 24.3 Å². The van der Waals surface area contributed by atoms with Crippen molar-refractivity contribution in [2.45, 2.75) is 0 Å². The molecule has 0 amide bonds. The minimum Gasteiger partial charge on any atom is -0.206 e. The van der Waals surface area contributed by atoms with Crippen LogP contribution in [0.25, 0.3) is 11.1 Å². The third-order valence-electron chi connectivity index (χ3n) is 2.56. The molecular formula is C16H8F2. The minimum atomic E-state index is -0.558. The van der Waals surface area contributed by atoms with Crippen molar-refractivity contribution in [2.24, 2.45) is 0 Å². The van der Waals surface area contributed by atoms with Crippen LogP contribution in [0.15, 0.2) is 36.4 Å². The van der Waals surface area contributed by atoms with Gasteiger partial charge in [0.15, 0.2) is 0 Å². The summed E-state index contributed by atoms with van der Waals surface area (Å²) >= 11 is 0. The van der Waals surface area contributed by atoms with Gasteiger partial charge in [0.05, 0.1) is 0 Å². The van der Waals surface area contributed by atoms with Crippen molar-refractivity contribution in [3.8, 4) is 35.8 Å². The molecule has 0 heterocycles. The largest absolute Gasteiger partial charge is 0.206 e. The molecule has 0 N–H and O–H groups in total. The standard InChI is InChI=1S/C16H8F2/c1-3-11-5-7-13(15(17)9-11)14-8-6-12(4-2)10-16(14)18/h1-2,5-10H. The Morgan fingerprint density at radius 2 is 1.11 bits per heavy atom. The predicted octanol–water partition coefficient (Wildman–Crippen LogP) is 3.59. The SMILES string of the molecule is C#Cc1ccc(-c2ccc(C#C)cc2F)c(F)c1. The van der Waals surface area contributed by atoms with E-state index in [0.29, 0.717) is 11.1 Å². The minimum absolute atomic E-state index is 0.162. The van der Waals surface area contributed by atoms with Crippen LogP contribution in [0.4, 0.5) is 8.78 Å². The van der Waals surface area contributed by atoms with E-state index < -0.39 is 11.6 Å². The quantitative estimate of drug-likeness (QED) is 0.666. The van der Waals surface area contributed by atoms with Crippen LogP contribution < -0.4 is 0 Å². The zero-order valence-electron chi connectivity index (χ0n) is 9.37. The van der Waals surface area contributed by atoms with Crippen molar-refractivity contribution in [2.75, 3.05) is 0 Å². The Labute approximate surface area is 104 Å². The molecule has 0 saturated carbocycles. The average Bonchev–Trinajstić information content (AvgIpc) is 2.39. The fourth-order valence-electron chi connectivity index (χ4n) is 1.65. The zero-order chi connectivity index (χ0) is 13.1. The summed E-state index contributed by atoms with van der Waals surface area (Å²) in [5.41, 5.74) is 1.15. The number of halogens is 2. The Bertz CT molecular complexity index is 624. The highest BCUT2D eigenvalue weighted by Crippen LogP contribution is 2.26. The van der Waals surface area contributed by atoms with E-state index in [9.17, 15) is 8.78 Å². The van der Waals surface area contributed by atoms with Gasteiger partial charge in [-0.2, -0.15) is 0 Å². The van der Waals surface area contributed by atoms with Gasteiger partial charge in [0.2, 0.25) is 0 Å². The van der Waals surface area contributed by atoms with Crippen molar-refractivity contribution in [1.29, 1.82) is 0 Å². The Kier molecular flexibility index (Phi) is 3.13. The van der Waals surface area contributed by atoms with E-state index in [-0.39, 0.29) is 11.1 Å². The van der Waals surface area contributed by atoms with Crippen LogP contribution in [-0.2, 0) is 0 Å². The first kappa shape index (κ1) is 11.9. The summed E-state index contributed by atoms with van der Waals surface area (Å²) in [6.45, 7) is 0. The second kappa shape index (κ2) is 4.73. The lowest BCUT2D eigenvalue weighted by Gasteiger charge is -2.06. The van der Waals surface area contributed by atoms with Gasteiger partial charge in [0, 0.05) is 22.3 Å². The van der Waals surface area contributed by atoms with Gasteiger partial charge in [-0.1, -0.05) is 24.0 Å². The van der Waals surface area contributed by atoms with E-state index in [0.717, 1.165) is 0 Å². The number of terminal acetylenes is 2. The van der Waals surface area contributed by atoms with Gasteiger partial charge in [-0.05, 0) is 24.3 Å². The molecule has 0 spiro atoms. The third-order valence-corrected chi connectivity index (χ3v) is 2.56. The Morgan fingerprint density at radius 1 is 0.722 bits per heavy atom. The second-order valence-corrected chi connectivity index (χ2v) is 3.68. The van der Waals surface area contributed by atoms with Gasteiger partial charge in [0.1, 0.15) is 11.6 Å². The topological polar surface area (TPSA) is 0 Å². The lowest BCUT2D eigenvalue weighted by molar-refractivity contribution is 0.616. The molecule has 0 unspecified atom stereocenters. The van der Waals surface area contributed by atoms with E-state index in [1.807, 2.05) is 0 Å². The smallest absolute Gasteiger partial charge is 0.132 e. The summed E-state index contributed by atoms with van der Waals surface area (Å²) in [5, 5.41) is 0. The fraction of sp³-hybridized carbons (Fsp3) is 0. The van der Waals surface area contributed by atoms with Crippen molar-refractivity contribution in [3.63, 3.8) is 0 Å². The summed E-state index contributed by atoms with van der Waals surface area (Å²) in [6, 6.07) is 8.44. The molecule has 0 bridgehead atoms. The van der Waals surface area contributed by atoms with Gasteiger partial charge in [0.25, 0.3) is 0 Å². The summed E-state index contributed by atoms with van der Waals surface area (Å²) in [6.07, 6.45) is 10.3. The van der Waals surface area contributed by atoms with Gasteiger partial charge in [-0.3, -0.25) is 0 Å². The lowest BCUT2D eigenvalue weighted by Crippen LogP contribution is -1.90. The van der Waals surface area contributed by atoms with Gasteiger partial charge in [-0.25, -0.2) is 8.78 Å². The number of hydrogen-bond acceptors (Lipinski definition) is 0. The fourth-order valence-corrected chi connectivity index (χ4v) is 1.65. The van der Waals surface area contributed by atoms with Crippen molar-refractivity contribution in [3.05, 3.63) is 59.2 Å². The van der Waals surface area contributed by atoms with Crippen LogP contribution >= 0.6 is 0 Å². The average molecular weight is 238 g/mol. The molecule has 0 aromatic heterocycles. The molecule has 0 aliphatic rings. The lowest BCUT2D eigenvalue weighted by atomic mass is 10.0. The Hall–Kier alpha value is -2.58. The van der Waals surface area contributed by atoms with Crippen LogP contribution in [-0.4, -0.2) is 0 Å². The normalized spacial score (nSPS) is 9.56. The highest BCUT2D eigenvalue weighted by atomic mass is 19.1. The molecule has 0 aliphatic heterocycles. The van der Waals surface area contributed by atoms with E-state index in [4.69, 9.17) is 12.8 Å². The molecule has 2 rings (SSSR count). The van der Waals surface area contributed by atoms with Crippen LogP contribution in [0.1, 0.15) is 11.1 Å². The molecule has 2 aromatic rings. The summed E-state index contributed by atoms with van der Waals surface area (Å²) in [7, 11) is 0. The molecule has 0 atom stereocenters. The highest BCUT2D eigenvalue weighted by Gasteiger charge is 2.10. The number of benzene rings is 2. The molecule has 86 valence electrons. The molecule has 0 nitrogen and oxygen atoms in total. The van der Waals surface area contributed by atoms with Crippen molar-refractivity contribution >= 4 is 0 Å². The maximum Gasteiger partial charge on any atom is 0.132 e. The molecule has 2 heteroatoms. The monoisotopic (exact) mass is 238 g/mol. The molecule has 0 saturated heterocycles. The summed E-state index contributed by atoms with van der Waals surface area (Å²) in [4.78, 5) is 0. The summed E-state index contributed by atoms with van der Waals surface area (Å²) in [5.74, 6) is 3.52. The maximum absolute atomic E-state index is 13.8. The number of hydrogen-bond donors (Lipinski definition) is 0. The Morgan fingerprint density at radius 3 is 1.39 bits per heavy atom. The van der Waals surface area contributed by atoms with Gasteiger partial charge >= 0.3 is 0 Å². The van der Waals surface area contributed by atoms with Crippen LogP contribution in [0.3, 0.4) is 0 Å². The third kappa shape index (κ3) is 2.10. The predicted molar refractivity (Wildman–Crippen MR) is 67.7 cm³/mol. The van der Waals surface area contributed by atoms with Gasteiger partial charge < -0.3 is 0 Å². The first-order chi connectivity index (χ1) is 8.65. The molecular weight excluding hydrogens is 230 g/mol. The maximum atomic E-state index is 13.8. The number of rotatable bonds is 1. The molecule has 0 aliphatic carbocycles. The molecule has 0 radical (unpaired) electrons. The van der Waals surface area contributed by atoms with Crippen molar-refractivity contribution in [1.82, 2.24) is 0 Å². The van der Waals surface area contributed by atoms with Crippen molar-refractivity contribution < 1.29 is 8.78 Å². The molecule has 2 aromatic carbocycles. The molecule has 18 heavy (non-hydrogen) atoms. The van der Waals surface area contributed by atoms with E-state index in [1.54, 1.807) is 12.1 Å². The van der Waals surface area contributed by atoms with Crippen LogP contribution in [0.2, 0.25) is 0 Å². The molecule has 0 fully saturated rings. The first-order valence-corrected chi connectivity index (χ1v) is 5.18. The highest BCUT2D eigenvalue weighted by molar-refractivity contribution is 5.66. The van der Waals surface area contributed by atoms with E-state index >= 15 is 0 Å². The summed E-state index contributed by atoms with van der Waals surface area (Å²) < 4.78 is 27.6. The van der Waals surface area contributed by atoms with Crippen LogP contribution in [0, 0.1) is 36.3 Å². The van der Waals surface area contributed by atoms with Crippen LogP contribution in [0.5, 0.6) is 0 Å². The second-order valence-electron chi connectivity index (χ2n) is 3.68. The van der Waals surface area contributed by atoms with E-state index in [2.05, 4.69) is 11.8 Å². The Balaban J connectivity index is 2.57. The van der Waals surface area contributed by atoms with Gasteiger partial charge in [-0.15, -0.1) is 12.8 Å². The zero-order valence-corrected chi connectivity index (χ0v) is 9.37.